The lowest BCUT2D eigenvalue weighted by Crippen LogP contribution is -2.18. The van der Waals surface area contributed by atoms with Crippen LogP contribution in [0.3, 0.4) is 0 Å². The zero-order valence-corrected chi connectivity index (χ0v) is 15.2. The summed E-state index contributed by atoms with van der Waals surface area (Å²) in [6, 6.07) is 11.6. The Morgan fingerprint density at radius 2 is 1.83 bits per heavy atom. The minimum absolute atomic E-state index is 0.0254. The van der Waals surface area contributed by atoms with Crippen LogP contribution in [0.5, 0.6) is 5.75 Å². The van der Waals surface area contributed by atoms with Crippen LogP contribution in [0.4, 0.5) is 0 Å². The summed E-state index contributed by atoms with van der Waals surface area (Å²) in [5.74, 6) is 0.577. The molecule has 0 saturated carbocycles. The first-order chi connectivity index (χ1) is 11.3. The highest BCUT2D eigenvalue weighted by atomic mass is 35.5. The van der Waals surface area contributed by atoms with Crippen LogP contribution in [0.15, 0.2) is 52.5 Å². The van der Waals surface area contributed by atoms with Crippen molar-refractivity contribution in [2.24, 2.45) is 5.10 Å². The number of sulfonamides is 1. The van der Waals surface area contributed by atoms with Gasteiger partial charge in [-0.15, -0.1) is 0 Å². The number of hydrazone groups is 1. The van der Waals surface area contributed by atoms with Crippen molar-refractivity contribution in [3.8, 4) is 5.75 Å². The van der Waals surface area contributed by atoms with E-state index in [2.05, 4.69) is 9.93 Å². The first-order valence-corrected chi connectivity index (χ1v) is 9.22. The molecule has 0 amide bonds. The summed E-state index contributed by atoms with van der Waals surface area (Å²) in [5.41, 5.74) is 1.56. The summed E-state index contributed by atoms with van der Waals surface area (Å²) < 4.78 is 30.0. The number of hydrogen-bond donors (Lipinski definition) is 1. The number of nitrogens with zero attached hydrogens (tertiary/aromatic N) is 1. The van der Waals surface area contributed by atoms with Gasteiger partial charge in [-0.05, 0) is 51.1 Å². The molecule has 0 aliphatic rings. The first-order valence-electron chi connectivity index (χ1n) is 7.35. The molecule has 1 N–H and O–H groups in total. The van der Waals surface area contributed by atoms with Crippen molar-refractivity contribution in [3.63, 3.8) is 0 Å². The number of benzene rings is 2. The van der Waals surface area contributed by atoms with Crippen molar-refractivity contribution in [2.45, 2.75) is 31.8 Å². The smallest absolute Gasteiger partial charge is 0.276 e. The standard InChI is InChI=1S/C17H19ClN2O3S/c1-12(2)23-17-9-6-15(18)10-14(17)11-19-20-24(21,22)16-7-4-13(3)5-8-16/h4-12,20H,1-3H3. The SMILES string of the molecule is Cc1ccc(S(=O)(=O)NN=Cc2cc(Cl)ccc2OC(C)C)cc1. The molecular weight excluding hydrogens is 348 g/mol. The average molecular weight is 367 g/mol. The molecular formula is C17H19ClN2O3S. The van der Waals surface area contributed by atoms with Crippen molar-refractivity contribution < 1.29 is 13.2 Å². The molecule has 0 aliphatic carbocycles. The van der Waals surface area contributed by atoms with E-state index in [0.717, 1.165) is 5.56 Å². The van der Waals surface area contributed by atoms with Crippen LogP contribution in [-0.2, 0) is 10.0 Å². The molecule has 5 nitrogen and oxygen atoms in total. The normalized spacial score (nSPS) is 11.9. The van der Waals surface area contributed by atoms with E-state index in [9.17, 15) is 8.42 Å². The minimum atomic E-state index is -3.71. The molecule has 0 aromatic heterocycles. The number of rotatable bonds is 6. The fraction of sp³-hybridized carbons (Fsp3) is 0.235. The predicted molar refractivity (Wildman–Crippen MR) is 96.3 cm³/mol. The second kappa shape index (κ2) is 7.68. The lowest BCUT2D eigenvalue weighted by atomic mass is 10.2. The molecule has 2 aromatic carbocycles. The van der Waals surface area contributed by atoms with E-state index in [0.29, 0.717) is 16.3 Å². The lowest BCUT2D eigenvalue weighted by Gasteiger charge is -2.12. The first kappa shape index (κ1) is 18.3. The molecule has 128 valence electrons. The van der Waals surface area contributed by atoms with Crippen molar-refractivity contribution in [2.75, 3.05) is 0 Å². The number of aryl methyl sites for hydroxylation is 1. The van der Waals surface area contributed by atoms with E-state index in [1.54, 1.807) is 30.3 Å². The molecule has 0 aliphatic heterocycles. The Morgan fingerprint density at radius 1 is 1.17 bits per heavy atom. The number of halogens is 1. The molecule has 2 rings (SSSR count). The predicted octanol–water partition coefficient (Wildman–Crippen LogP) is 3.75. The lowest BCUT2D eigenvalue weighted by molar-refractivity contribution is 0.242. The fourth-order valence-electron chi connectivity index (χ4n) is 1.92. The molecule has 0 saturated heterocycles. The zero-order chi connectivity index (χ0) is 17.7. The summed E-state index contributed by atoms with van der Waals surface area (Å²) in [5, 5.41) is 4.33. The number of ether oxygens (including phenoxy) is 1. The highest BCUT2D eigenvalue weighted by Crippen LogP contribution is 2.22. The van der Waals surface area contributed by atoms with E-state index in [1.165, 1.54) is 18.3 Å². The van der Waals surface area contributed by atoms with Gasteiger partial charge in [0.1, 0.15) is 5.75 Å². The Bertz CT molecular complexity index is 831. The Labute approximate surface area is 147 Å². The molecule has 0 unspecified atom stereocenters. The van der Waals surface area contributed by atoms with Crippen LogP contribution in [0, 0.1) is 6.92 Å². The molecule has 0 radical (unpaired) electrons. The zero-order valence-electron chi connectivity index (χ0n) is 13.7. The summed E-state index contributed by atoms with van der Waals surface area (Å²) >= 11 is 5.98. The van der Waals surface area contributed by atoms with Gasteiger partial charge in [-0.3, -0.25) is 0 Å². The van der Waals surface area contributed by atoms with Crippen LogP contribution < -0.4 is 9.57 Å². The molecule has 0 bridgehead atoms. The van der Waals surface area contributed by atoms with Gasteiger partial charge in [-0.2, -0.15) is 13.5 Å². The monoisotopic (exact) mass is 366 g/mol. The van der Waals surface area contributed by atoms with E-state index < -0.39 is 10.0 Å². The Hall–Kier alpha value is -2.05. The van der Waals surface area contributed by atoms with Crippen molar-refractivity contribution in [1.29, 1.82) is 0 Å². The highest BCUT2D eigenvalue weighted by Gasteiger charge is 2.12. The second-order valence-corrected chi connectivity index (χ2v) is 7.61. The molecule has 2 aromatic rings. The maximum Gasteiger partial charge on any atom is 0.276 e. The van der Waals surface area contributed by atoms with Crippen molar-refractivity contribution in [1.82, 2.24) is 4.83 Å². The minimum Gasteiger partial charge on any atom is -0.490 e. The number of nitrogens with one attached hydrogen (secondary N) is 1. The molecule has 0 spiro atoms. The average Bonchev–Trinajstić information content (AvgIpc) is 2.50. The second-order valence-electron chi connectivity index (χ2n) is 5.51. The van der Waals surface area contributed by atoms with Crippen LogP contribution >= 0.6 is 11.6 Å². The van der Waals surface area contributed by atoms with Gasteiger partial charge in [0.2, 0.25) is 0 Å². The van der Waals surface area contributed by atoms with E-state index >= 15 is 0 Å². The third-order valence-electron chi connectivity index (χ3n) is 3.04. The fourth-order valence-corrected chi connectivity index (χ4v) is 2.89. The molecule has 0 atom stereocenters. The molecule has 24 heavy (non-hydrogen) atoms. The van der Waals surface area contributed by atoms with Gasteiger partial charge < -0.3 is 4.74 Å². The molecule has 7 heteroatoms. The molecule has 0 fully saturated rings. The quantitative estimate of drug-likeness (QED) is 0.625. The summed E-state index contributed by atoms with van der Waals surface area (Å²) in [7, 11) is -3.71. The summed E-state index contributed by atoms with van der Waals surface area (Å²) in [4.78, 5) is 2.33. The third kappa shape index (κ3) is 4.97. The van der Waals surface area contributed by atoms with Gasteiger partial charge >= 0.3 is 0 Å². The Kier molecular flexibility index (Phi) is 5.85. The Morgan fingerprint density at radius 3 is 2.46 bits per heavy atom. The molecule has 0 heterocycles. The van der Waals surface area contributed by atoms with Gasteiger partial charge in [-0.1, -0.05) is 29.3 Å². The van der Waals surface area contributed by atoms with Crippen LogP contribution in [0.25, 0.3) is 0 Å². The summed E-state index contributed by atoms with van der Waals surface area (Å²) in [6.45, 7) is 5.68. The van der Waals surface area contributed by atoms with Crippen LogP contribution in [0.1, 0.15) is 25.0 Å². The van der Waals surface area contributed by atoms with Crippen molar-refractivity contribution >= 4 is 27.8 Å². The summed E-state index contributed by atoms with van der Waals surface area (Å²) in [6.07, 6.45) is 1.34. The maximum absolute atomic E-state index is 12.2. The van der Waals surface area contributed by atoms with E-state index in [1.807, 2.05) is 20.8 Å². The van der Waals surface area contributed by atoms with E-state index in [4.69, 9.17) is 16.3 Å². The topological polar surface area (TPSA) is 67.8 Å². The maximum atomic E-state index is 12.2. The van der Waals surface area contributed by atoms with Crippen LogP contribution in [-0.4, -0.2) is 20.7 Å². The van der Waals surface area contributed by atoms with Crippen molar-refractivity contribution in [3.05, 3.63) is 58.6 Å². The highest BCUT2D eigenvalue weighted by molar-refractivity contribution is 7.89. The van der Waals surface area contributed by atoms with Gasteiger partial charge in [0.05, 0.1) is 17.2 Å². The Balaban J connectivity index is 2.19. The van der Waals surface area contributed by atoms with Gasteiger partial charge in [0.25, 0.3) is 10.0 Å². The van der Waals surface area contributed by atoms with Crippen LogP contribution in [0.2, 0.25) is 5.02 Å². The largest absolute Gasteiger partial charge is 0.490 e. The number of hydrogen-bond acceptors (Lipinski definition) is 4. The van der Waals surface area contributed by atoms with E-state index in [-0.39, 0.29) is 11.0 Å². The third-order valence-corrected chi connectivity index (χ3v) is 4.52. The van der Waals surface area contributed by atoms with Gasteiger partial charge in [-0.25, -0.2) is 4.83 Å². The van der Waals surface area contributed by atoms with Gasteiger partial charge in [0.15, 0.2) is 0 Å². The van der Waals surface area contributed by atoms with Gasteiger partial charge in [0, 0.05) is 10.6 Å².